The Hall–Kier alpha value is -3.33. The molecule has 0 radical (unpaired) electrons. The molecule has 0 aliphatic carbocycles. The highest BCUT2D eigenvalue weighted by Crippen LogP contribution is 2.35. The van der Waals surface area contributed by atoms with Crippen molar-refractivity contribution in [2.24, 2.45) is 0 Å². The predicted molar refractivity (Wildman–Crippen MR) is 139 cm³/mol. The number of carbonyl (C=O) groups excluding carboxylic acids is 1. The van der Waals surface area contributed by atoms with Crippen LogP contribution in [0.4, 0.5) is 26.2 Å². The van der Waals surface area contributed by atoms with Crippen molar-refractivity contribution in [3.63, 3.8) is 0 Å². The molecule has 1 heterocycles. The van der Waals surface area contributed by atoms with E-state index in [9.17, 15) is 19.1 Å². The molecule has 3 N–H and O–H groups in total. The summed E-state index contributed by atoms with van der Waals surface area (Å²) in [6, 6.07) is 9.62. The molecule has 3 rings (SSSR count). The Kier molecular flexibility index (Phi) is 9.93. The molecule has 9 heteroatoms. The van der Waals surface area contributed by atoms with Crippen LogP contribution in [0.25, 0.3) is 0 Å². The number of ether oxygens (including phenoxy) is 2. The van der Waals surface area contributed by atoms with Gasteiger partial charge in [-0.1, -0.05) is 19.9 Å². The Balaban J connectivity index is 1.94. The van der Waals surface area contributed by atoms with Crippen LogP contribution in [0.3, 0.4) is 0 Å². The third-order valence-corrected chi connectivity index (χ3v) is 6.48. The molecule has 36 heavy (non-hydrogen) atoms. The molecule has 2 aromatic carbocycles. The van der Waals surface area contributed by atoms with Crippen LogP contribution in [-0.2, 0) is 9.53 Å². The van der Waals surface area contributed by atoms with Gasteiger partial charge in [-0.15, -0.1) is 0 Å². The van der Waals surface area contributed by atoms with Gasteiger partial charge in [0.25, 0.3) is 0 Å². The molecule has 196 valence electrons. The molecule has 1 aliphatic heterocycles. The van der Waals surface area contributed by atoms with Crippen LogP contribution >= 0.6 is 0 Å². The van der Waals surface area contributed by atoms with Crippen molar-refractivity contribution < 1.29 is 28.6 Å². The molecule has 0 spiro atoms. The summed E-state index contributed by atoms with van der Waals surface area (Å²) >= 11 is 0. The van der Waals surface area contributed by atoms with E-state index in [4.69, 9.17) is 9.47 Å². The Labute approximate surface area is 211 Å². The average molecular weight is 502 g/mol. The predicted octanol–water partition coefficient (Wildman–Crippen LogP) is 5.84. The van der Waals surface area contributed by atoms with Gasteiger partial charge in [0.05, 0.1) is 30.6 Å². The third-order valence-electron chi connectivity index (χ3n) is 6.48. The van der Waals surface area contributed by atoms with Gasteiger partial charge in [-0.3, -0.25) is 4.79 Å². The molecule has 8 nitrogen and oxygen atoms in total. The number of nitrogens with one attached hydrogen (secondary N) is 2. The topological polar surface area (TPSA) is 100 Å². The molecule has 1 atom stereocenters. The second-order valence-corrected chi connectivity index (χ2v) is 8.94. The lowest BCUT2D eigenvalue weighted by Crippen LogP contribution is -2.40. The minimum atomic E-state index is -0.872. The van der Waals surface area contributed by atoms with Crippen molar-refractivity contribution in [1.29, 1.82) is 0 Å². The lowest BCUT2D eigenvalue weighted by Gasteiger charge is -2.37. The molecule has 1 fully saturated rings. The number of hydrogen-bond acceptors (Lipinski definition) is 5. The fourth-order valence-corrected chi connectivity index (χ4v) is 4.60. The van der Waals surface area contributed by atoms with Crippen LogP contribution < -0.4 is 20.3 Å². The number of hydrogen-bond donors (Lipinski definition) is 3. The van der Waals surface area contributed by atoms with E-state index in [0.29, 0.717) is 31.1 Å². The zero-order chi connectivity index (χ0) is 26.1. The highest BCUT2D eigenvalue weighted by atomic mass is 19.1. The van der Waals surface area contributed by atoms with E-state index >= 15 is 0 Å². The summed E-state index contributed by atoms with van der Waals surface area (Å²) in [7, 11) is 1.44. The summed E-state index contributed by atoms with van der Waals surface area (Å²) in [5.74, 6) is -1.32. The van der Waals surface area contributed by atoms with E-state index in [1.807, 2.05) is 25.1 Å². The van der Waals surface area contributed by atoms with E-state index < -0.39 is 17.8 Å². The zero-order valence-electron chi connectivity index (χ0n) is 21.2. The van der Waals surface area contributed by atoms with Crippen LogP contribution in [0, 0.1) is 5.82 Å². The number of anilines is 3. The molecule has 1 unspecified atom stereocenters. The van der Waals surface area contributed by atoms with E-state index in [-0.39, 0.29) is 24.1 Å². The Morgan fingerprint density at radius 2 is 1.86 bits per heavy atom. The van der Waals surface area contributed by atoms with Gasteiger partial charge in [0.2, 0.25) is 0 Å². The maximum atomic E-state index is 14.4. The van der Waals surface area contributed by atoms with Crippen LogP contribution in [0.2, 0.25) is 0 Å². The minimum absolute atomic E-state index is 0.00280. The number of nitrogens with zero attached hydrogens (tertiary/aromatic N) is 1. The van der Waals surface area contributed by atoms with Crippen LogP contribution in [-0.4, -0.2) is 50.0 Å². The maximum absolute atomic E-state index is 14.4. The number of carboxylic acid groups (broad SMARTS) is 1. The maximum Gasteiger partial charge on any atom is 0.323 e. The summed E-state index contributed by atoms with van der Waals surface area (Å²) in [5, 5.41) is 14.8. The van der Waals surface area contributed by atoms with Gasteiger partial charge in [-0.25, -0.2) is 9.18 Å². The number of carbonyl (C=O) groups is 2. The van der Waals surface area contributed by atoms with E-state index in [2.05, 4.69) is 22.5 Å². The van der Waals surface area contributed by atoms with Crippen LogP contribution in [0.5, 0.6) is 5.75 Å². The summed E-state index contributed by atoms with van der Waals surface area (Å²) in [6.07, 6.45) is 3.31. The molecule has 0 saturated carbocycles. The molecular formula is C27H36FN3O5. The van der Waals surface area contributed by atoms with Crippen molar-refractivity contribution >= 4 is 29.1 Å². The number of amides is 2. The third kappa shape index (κ3) is 7.10. The van der Waals surface area contributed by atoms with Crippen molar-refractivity contribution in [2.45, 2.75) is 57.9 Å². The zero-order valence-corrected chi connectivity index (χ0v) is 21.2. The molecule has 2 aromatic rings. The number of carboxylic acids is 1. The van der Waals surface area contributed by atoms with Gasteiger partial charge < -0.3 is 30.1 Å². The summed E-state index contributed by atoms with van der Waals surface area (Å²) < 4.78 is 25.0. The number of rotatable bonds is 11. The monoisotopic (exact) mass is 501 g/mol. The molecule has 1 saturated heterocycles. The van der Waals surface area contributed by atoms with E-state index in [1.165, 1.54) is 19.2 Å². The summed E-state index contributed by atoms with van der Waals surface area (Å²) in [4.78, 5) is 26.7. The van der Waals surface area contributed by atoms with Crippen molar-refractivity contribution in [2.75, 3.05) is 42.4 Å². The fraction of sp³-hybridized carbons (Fsp3) is 0.481. The lowest BCUT2D eigenvalue weighted by molar-refractivity contribution is -0.137. The first kappa shape index (κ1) is 27.3. The number of methoxy groups -OCH3 is 1. The molecule has 1 aliphatic rings. The highest BCUT2D eigenvalue weighted by Gasteiger charge is 2.25. The van der Waals surface area contributed by atoms with Crippen molar-refractivity contribution in [3.05, 3.63) is 47.8 Å². The van der Waals surface area contributed by atoms with Gasteiger partial charge in [-0.05, 0) is 61.4 Å². The SMILES string of the molecule is CCCN(c1ccc(C(CC)CC(=O)O)cc1NC(=O)Nc1ccc(OC)cc1F)C1CCOCC1. The van der Waals surface area contributed by atoms with Gasteiger partial charge in [0.1, 0.15) is 11.6 Å². The normalized spacial score (nSPS) is 14.7. The quantitative estimate of drug-likeness (QED) is 0.358. The second-order valence-electron chi connectivity index (χ2n) is 8.94. The van der Waals surface area contributed by atoms with Gasteiger partial charge >= 0.3 is 12.0 Å². The molecule has 0 bridgehead atoms. The largest absolute Gasteiger partial charge is 0.497 e. The van der Waals surface area contributed by atoms with Gasteiger partial charge in [-0.2, -0.15) is 0 Å². The molecule has 0 aromatic heterocycles. The van der Waals surface area contributed by atoms with Crippen LogP contribution in [0.1, 0.15) is 57.4 Å². The van der Waals surface area contributed by atoms with E-state index in [1.54, 1.807) is 6.07 Å². The van der Waals surface area contributed by atoms with Gasteiger partial charge in [0, 0.05) is 31.9 Å². The number of urea groups is 1. The molecule has 2 amide bonds. The fourth-order valence-electron chi connectivity index (χ4n) is 4.60. The first-order chi connectivity index (χ1) is 17.4. The Morgan fingerprint density at radius 3 is 2.47 bits per heavy atom. The first-order valence-corrected chi connectivity index (χ1v) is 12.5. The van der Waals surface area contributed by atoms with Crippen molar-refractivity contribution in [1.82, 2.24) is 0 Å². The summed E-state index contributed by atoms with van der Waals surface area (Å²) in [6.45, 7) is 6.20. The standard InChI is InChI=1S/C27H36FN3O5/c1-4-12-31(20-10-13-36-14-11-20)25-9-6-19(18(5-2)16-26(32)33)15-24(25)30-27(34)29-23-8-7-21(35-3)17-22(23)28/h6-9,15,17-18,20H,4-5,10-14,16H2,1-3H3,(H,32,33)(H2,29,30,34). The van der Waals surface area contributed by atoms with E-state index in [0.717, 1.165) is 37.1 Å². The Bertz CT molecular complexity index is 1040. The number of halogens is 1. The number of benzene rings is 2. The number of aliphatic carboxylic acids is 1. The van der Waals surface area contributed by atoms with Gasteiger partial charge in [0.15, 0.2) is 0 Å². The average Bonchev–Trinajstić information content (AvgIpc) is 2.87. The summed E-state index contributed by atoms with van der Waals surface area (Å²) in [5.41, 5.74) is 2.27. The Morgan fingerprint density at radius 1 is 1.14 bits per heavy atom. The smallest absolute Gasteiger partial charge is 0.323 e. The highest BCUT2D eigenvalue weighted by molar-refractivity contribution is 6.02. The molecular weight excluding hydrogens is 465 g/mol. The van der Waals surface area contributed by atoms with Crippen LogP contribution in [0.15, 0.2) is 36.4 Å². The van der Waals surface area contributed by atoms with Crippen molar-refractivity contribution in [3.8, 4) is 5.75 Å². The first-order valence-electron chi connectivity index (χ1n) is 12.5. The second kappa shape index (κ2) is 13.1. The lowest BCUT2D eigenvalue weighted by atomic mass is 9.92. The minimum Gasteiger partial charge on any atom is -0.497 e.